The van der Waals surface area contributed by atoms with Gasteiger partial charge in [0.05, 0.1) is 24.5 Å². The van der Waals surface area contributed by atoms with Gasteiger partial charge in [0.1, 0.15) is 16.8 Å². The molecule has 0 atom stereocenters. The number of halogens is 1. The van der Waals surface area contributed by atoms with Gasteiger partial charge in [0.25, 0.3) is 0 Å². The lowest BCUT2D eigenvalue weighted by molar-refractivity contribution is -0.138. The topological polar surface area (TPSA) is 105 Å². The van der Waals surface area contributed by atoms with Crippen LogP contribution in [0, 0.1) is 5.82 Å². The van der Waals surface area contributed by atoms with Crippen LogP contribution in [0.1, 0.15) is 37.7 Å². The highest BCUT2D eigenvalue weighted by Gasteiger charge is 2.30. The second-order valence-electron chi connectivity index (χ2n) is 8.27. The summed E-state index contributed by atoms with van der Waals surface area (Å²) < 4.78 is 18.6. The number of hydrogen-bond acceptors (Lipinski definition) is 9. The summed E-state index contributed by atoms with van der Waals surface area (Å²) >= 11 is 2.61. The first-order chi connectivity index (χ1) is 16.7. The maximum Gasteiger partial charge on any atom is 0.319 e. The normalized spacial score (nSPS) is 11.5. The summed E-state index contributed by atoms with van der Waals surface area (Å²) in [6.07, 6.45) is 5.97. The number of aryl methyl sites for hydroxylation is 1. The van der Waals surface area contributed by atoms with Gasteiger partial charge in [0.15, 0.2) is 4.34 Å². The summed E-state index contributed by atoms with van der Waals surface area (Å²) in [6, 6.07) is 5.95. The maximum atomic E-state index is 13.3. The predicted octanol–water partition coefficient (Wildman–Crippen LogP) is 5.45. The van der Waals surface area contributed by atoms with Crippen molar-refractivity contribution < 1.29 is 18.7 Å². The third-order valence-corrected chi connectivity index (χ3v) is 7.29. The molecule has 0 aliphatic rings. The number of oxazole rings is 1. The van der Waals surface area contributed by atoms with Crippen LogP contribution in [0.2, 0.25) is 0 Å². The van der Waals surface area contributed by atoms with Crippen molar-refractivity contribution in [2.24, 2.45) is 0 Å². The standard InChI is InChI=1S/C24H24FN5O3S2/c1-4-15-9-26-22(27-10-15)30(12-19-14-34-23(29-19)35-24(2,3)21(31)32)11-18-13-33-20(28-18)16-5-7-17(25)8-6-16/h5-10,13-14H,4,11-12H2,1-3H3,(H,31,32). The van der Waals surface area contributed by atoms with E-state index in [0.29, 0.717) is 40.5 Å². The zero-order valence-electron chi connectivity index (χ0n) is 19.4. The van der Waals surface area contributed by atoms with Crippen molar-refractivity contribution in [2.75, 3.05) is 4.90 Å². The number of benzene rings is 1. The minimum atomic E-state index is -0.981. The van der Waals surface area contributed by atoms with E-state index in [1.807, 2.05) is 17.2 Å². The molecule has 11 heteroatoms. The zero-order chi connectivity index (χ0) is 25.0. The molecule has 0 amide bonds. The molecule has 0 fully saturated rings. The number of rotatable bonds is 10. The van der Waals surface area contributed by atoms with E-state index in [2.05, 4.69) is 19.9 Å². The SMILES string of the molecule is CCc1cnc(N(Cc2coc(-c3ccc(F)cc3)n2)Cc2csc(SC(C)(C)C(=O)O)n2)nc1. The number of thiazole rings is 1. The van der Waals surface area contributed by atoms with Gasteiger partial charge >= 0.3 is 5.97 Å². The number of aliphatic carboxylic acids is 1. The van der Waals surface area contributed by atoms with E-state index in [4.69, 9.17) is 4.42 Å². The number of carboxylic acids is 1. The van der Waals surface area contributed by atoms with Crippen molar-refractivity contribution in [3.8, 4) is 11.5 Å². The monoisotopic (exact) mass is 513 g/mol. The molecule has 1 aromatic carbocycles. The Morgan fingerprint density at radius 1 is 1.14 bits per heavy atom. The minimum Gasteiger partial charge on any atom is -0.480 e. The molecule has 4 rings (SSSR count). The lowest BCUT2D eigenvalue weighted by Crippen LogP contribution is -2.27. The summed E-state index contributed by atoms with van der Waals surface area (Å²) in [5, 5.41) is 11.3. The molecule has 182 valence electrons. The van der Waals surface area contributed by atoms with Gasteiger partial charge in [0.2, 0.25) is 11.8 Å². The first-order valence-electron chi connectivity index (χ1n) is 10.9. The molecular formula is C24H24FN5O3S2. The van der Waals surface area contributed by atoms with Crippen molar-refractivity contribution in [3.63, 3.8) is 0 Å². The van der Waals surface area contributed by atoms with E-state index in [9.17, 15) is 14.3 Å². The van der Waals surface area contributed by atoms with E-state index in [1.54, 1.807) is 44.6 Å². The van der Waals surface area contributed by atoms with E-state index >= 15 is 0 Å². The van der Waals surface area contributed by atoms with Crippen LogP contribution < -0.4 is 4.90 Å². The van der Waals surface area contributed by atoms with Crippen molar-refractivity contribution in [1.29, 1.82) is 0 Å². The van der Waals surface area contributed by atoms with Crippen LogP contribution in [0.25, 0.3) is 11.5 Å². The molecule has 3 heterocycles. The number of carbonyl (C=O) groups is 1. The quantitative estimate of drug-likeness (QED) is 0.277. The van der Waals surface area contributed by atoms with Crippen molar-refractivity contribution in [2.45, 2.75) is 49.4 Å². The number of nitrogens with zero attached hydrogens (tertiary/aromatic N) is 5. The Bertz CT molecular complexity index is 1290. The number of thioether (sulfide) groups is 1. The molecule has 4 aromatic rings. The van der Waals surface area contributed by atoms with Crippen LogP contribution in [0.5, 0.6) is 0 Å². The number of aromatic nitrogens is 4. The largest absolute Gasteiger partial charge is 0.480 e. The average molecular weight is 514 g/mol. The molecular weight excluding hydrogens is 489 g/mol. The number of carboxylic acid groups (broad SMARTS) is 1. The Balaban J connectivity index is 1.56. The molecule has 0 saturated carbocycles. The van der Waals surface area contributed by atoms with Gasteiger partial charge in [-0.3, -0.25) is 4.79 Å². The van der Waals surface area contributed by atoms with Crippen LogP contribution >= 0.6 is 23.1 Å². The fraction of sp³-hybridized carbons (Fsp3) is 0.292. The smallest absolute Gasteiger partial charge is 0.319 e. The second kappa shape index (κ2) is 10.5. The van der Waals surface area contributed by atoms with E-state index in [1.165, 1.54) is 35.2 Å². The molecule has 1 N–H and O–H groups in total. The number of hydrogen-bond donors (Lipinski definition) is 1. The Morgan fingerprint density at radius 3 is 2.49 bits per heavy atom. The molecule has 8 nitrogen and oxygen atoms in total. The van der Waals surface area contributed by atoms with Crippen LogP contribution in [-0.4, -0.2) is 35.8 Å². The Labute approximate surface area is 210 Å². The van der Waals surface area contributed by atoms with Gasteiger partial charge in [-0.15, -0.1) is 11.3 Å². The first-order valence-corrected chi connectivity index (χ1v) is 12.6. The minimum absolute atomic E-state index is 0.327. The van der Waals surface area contributed by atoms with Crippen LogP contribution in [-0.2, 0) is 24.3 Å². The van der Waals surface area contributed by atoms with E-state index in [0.717, 1.165) is 17.7 Å². The second-order valence-corrected chi connectivity index (χ2v) is 11.0. The predicted molar refractivity (Wildman–Crippen MR) is 133 cm³/mol. The fourth-order valence-corrected chi connectivity index (χ4v) is 5.24. The highest BCUT2D eigenvalue weighted by Crippen LogP contribution is 2.35. The van der Waals surface area contributed by atoms with Gasteiger partial charge in [-0.25, -0.2) is 24.3 Å². The van der Waals surface area contributed by atoms with Gasteiger partial charge in [-0.2, -0.15) is 0 Å². The van der Waals surface area contributed by atoms with Crippen molar-refractivity contribution in [1.82, 2.24) is 19.9 Å². The lowest BCUT2D eigenvalue weighted by atomic mass is 10.2. The molecule has 35 heavy (non-hydrogen) atoms. The van der Waals surface area contributed by atoms with Gasteiger partial charge in [0, 0.05) is 23.3 Å². The fourth-order valence-electron chi connectivity index (χ4n) is 3.06. The zero-order valence-corrected chi connectivity index (χ0v) is 21.1. The highest BCUT2D eigenvalue weighted by molar-refractivity contribution is 8.03. The molecule has 3 aromatic heterocycles. The molecule has 0 saturated heterocycles. The Kier molecular flexibility index (Phi) is 7.46. The molecule has 0 radical (unpaired) electrons. The van der Waals surface area contributed by atoms with Crippen molar-refractivity contribution in [3.05, 3.63) is 71.1 Å². The number of anilines is 1. The van der Waals surface area contributed by atoms with Gasteiger partial charge < -0.3 is 14.4 Å². The van der Waals surface area contributed by atoms with Gasteiger partial charge in [-0.05, 0) is 50.1 Å². The van der Waals surface area contributed by atoms with Crippen molar-refractivity contribution >= 4 is 35.0 Å². The highest BCUT2D eigenvalue weighted by atomic mass is 32.2. The van der Waals surface area contributed by atoms with Crippen LogP contribution in [0.3, 0.4) is 0 Å². The average Bonchev–Trinajstić information content (AvgIpc) is 3.48. The maximum absolute atomic E-state index is 13.3. The lowest BCUT2D eigenvalue weighted by Gasteiger charge is -2.20. The molecule has 0 aliphatic carbocycles. The molecule has 0 unspecified atom stereocenters. The summed E-state index contributed by atoms with van der Waals surface area (Å²) in [5.41, 5.74) is 3.13. The summed E-state index contributed by atoms with van der Waals surface area (Å²) in [4.78, 5) is 31.6. The van der Waals surface area contributed by atoms with Crippen LogP contribution in [0.4, 0.5) is 10.3 Å². The molecule has 0 spiro atoms. The molecule has 0 bridgehead atoms. The Morgan fingerprint density at radius 2 is 1.83 bits per heavy atom. The summed E-state index contributed by atoms with van der Waals surface area (Å²) in [7, 11) is 0. The van der Waals surface area contributed by atoms with E-state index < -0.39 is 10.7 Å². The van der Waals surface area contributed by atoms with E-state index in [-0.39, 0.29) is 5.82 Å². The first kappa shape index (κ1) is 24.8. The van der Waals surface area contributed by atoms with Crippen LogP contribution in [0.15, 0.2) is 57.1 Å². The third kappa shape index (κ3) is 6.23. The Hall–Kier alpha value is -3.31. The van der Waals surface area contributed by atoms with Gasteiger partial charge in [-0.1, -0.05) is 18.7 Å². The third-order valence-electron chi connectivity index (χ3n) is 5.12. The summed E-state index contributed by atoms with van der Waals surface area (Å²) in [5.74, 6) is -0.313. The summed E-state index contributed by atoms with van der Waals surface area (Å²) in [6.45, 7) is 6.10. The molecule has 0 aliphatic heterocycles.